The molecule has 0 aliphatic carbocycles. The fraction of sp³-hybridized carbons (Fsp3) is 1.00. The van der Waals surface area contributed by atoms with Crippen LogP contribution in [-0.4, -0.2) is 18.8 Å². The first-order valence-electron chi connectivity index (χ1n) is 1.15. The van der Waals surface area contributed by atoms with Gasteiger partial charge < -0.3 is 6.15 Å². The van der Waals surface area contributed by atoms with Gasteiger partial charge in [-0.2, -0.15) is 0 Å². The van der Waals surface area contributed by atoms with Crippen molar-refractivity contribution in [1.29, 1.82) is 0 Å². The van der Waals surface area contributed by atoms with E-state index in [0.717, 1.165) is 0 Å². The summed E-state index contributed by atoms with van der Waals surface area (Å²) >= 11 is 0. The molecule has 34 valence electrons. The zero-order valence-corrected chi connectivity index (χ0v) is 4.89. The van der Waals surface area contributed by atoms with E-state index < -0.39 is 0 Å². The smallest absolute Gasteiger partial charge is 0.0102 e. The summed E-state index contributed by atoms with van der Waals surface area (Å²) in [6.07, 6.45) is 0. The maximum Gasteiger partial charge on any atom is -0.0102 e. The molecule has 0 spiro atoms. The summed E-state index contributed by atoms with van der Waals surface area (Å²) in [5.74, 6) is 0. The topological polar surface area (TPSA) is 38.2 Å². The zero-order valence-electron chi connectivity index (χ0n) is 3.73. The quantitative estimate of drug-likeness (QED) is 0.444. The first-order valence-corrected chi connectivity index (χ1v) is 1.67. The molecule has 3 N–H and O–H groups in total. The van der Waals surface area contributed by atoms with Crippen molar-refractivity contribution in [1.82, 2.24) is 10.8 Å². The molecule has 0 aromatic carbocycles. The average molecular weight is 94.1 g/mol. The van der Waals surface area contributed by atoms with Crippen LogP contribution in [0.5, 0.6) is 0 Å². The highest BCUT2D eigenvalue weighted by molar-refractivity contribution is 7.13. The number of hydrogen-bond donors (Lipinski definition) is 1. The third-order valence-electron chi connectivity index (χ3n) is 0. The van der Waals surface area contributed by atoms with E-state index >= 15 is 0 Å². The average Bonchev–Trinajstić information content (AvgIpc) is 0.811. The summed E-state index contributed by atoms with van der Waals surface area (Å²) in [5, 5.41) is 0. The minimum Gasteiger partial charge on any atom is -0.344 e. The van der Waals surface area contributed by atoms with E-state index in [-0.39, 0.29) is 6.15 Å². The molecule has 0 saturated carbocycles. The summed E-state index contributed by atoms with van der Waals surface area (Å²) in [4.78, 5) is 0. The highest BCUT2D eigenvalue weighted by atomic mass is 31.0. The number of rotatable bonds is 0. The molecule has 0 saturated heterocycles. The van der Waals surface area contributed by atoms with E-state index in [1.165, 1.54) is 0 Å². The Kier molecular flexibility index (Phi) is 7.85. The molecular weight excluding hydrogens is 83.0 g/mol. The highest BCUT2D eigenvalue weighted by Gasteiger charge is 1.58. The first-order chi connectivity index (χ1) is 1.73. The molecule has 0 amide bonds. The molecule has 0 bridgehead atoms. The first kappa shape index (κ1) is 9.02. The fourth-order valence-electron chi connectivity index (χ4n) is 0. The predicted octanol–water partition coefficient (Wildman–Crippen LogP) is 0.500. The number of hydrogen-bond acceptors (Lipinski definition) is 2. The van der Waals surface area contributed by atoms with E-state index in [0.29, 0.717) is 0 Å². The second kappa shape index (κ2) is 4.35. The zero-order chi connectivity index (χ0) is 3.58. The van der Waals surface area contributed by atoms with Gasteiger partial charge in [0, 0.05) is 0 Å². The van der Waals surface area contributed by atoms with Gasteiger partial charge >= 0.3 is 0 Å². The highest BCUT2D eigenvalue weighted by Crippen LogP contribution is 1.78. The SMILES string of the molecule is CN(C)P.N. The van der Waals surface area contributed by atoms with E-state index in [1.54, 1.807) is 0 Å². The van der Waals surface area contributed by atoms with Crippen LogP contribution in [0.2, 0.25) is 0 Å². The van der Waals surface area contributed by atoms with Gasteiger partial charge in [-0.15, -0.1) is 0 Å². The lowest BCUT2D eigenvalue weighted by molar-refractivity contribution is 0.703. The van der Waals surface area contributed by atoms with E-state index in [4.69, 9.17) is 0 Å². The molecule has 0 aromatic heterocycles. The van der Waals surface area contributed by atoms with Crippen LogP contribution in [0, 0.1) is 0 Å². The second-order valence-corrected chi connectivity index (χ2v) is 2.00. The molecule has 0 aliphatic heterocycles. The Bertz CT molecular complexity index is 12.4. The fourth-order valence-corrected chi connectivity index (χ4v) is 0. The van der Waals surface area contributed by atoms with Crippen molar-refractivity contribution in [3.8, 4) is 0 Å². The van der Waals surface area contributed by atoms with Crippen molar-refractivity contribution in [2.24, 2.45) is 0 Å². The monoisotopic (exact) mass is 94.1 g/mol. The maximum atomic E-state index is 2.49. The second-order valence-electron chi connectivity index (χ2n) is 0.964. The van der Waals surface area contributed by atoms with Gasteiger partial charge in [0.15, 0.2) is 0 Å². The van der Waals surface area contributed by atoms with Crippen LogP contribution in [0.3, 0.4) is 0 Å². The lowest BCUT2D eigenvalue weighted by Crippen LogP contribution is -1.88. The van der Waals surface area contributed by atoms with Gasteiger partial charge in [0.1, 0.15) is 0 Å². The van der Waals surface area contributed by atoms with Gasteiger partial charge in [-0.05, 0) is 14.1 Å². The Morgan fingerprint density at radius 2 is 1.40 bits per heavy atom. The van der Waals surface area contributed by atoms with Gasteiger partial charge in [0.25, 0.3) is 0 Å². The summed E-state index contributed by atoms with van der Waals surface area (Å²) in [6.45, 7) is 0. The Morgan fingerprint density at radius 3 is 1.40 bits per heavy atom. The Balaban J connectivity index is 0. The van der Waals surface area contributed by atoms with Crippen molar-refractivity contribution in [2.75, 3.05) is 14.1 Å². The molecular formula is C2H11N2P. The molecule has 1 unspecified atom stereocenters. The number of nitrogens with zero attached hydrogens (tertiary/aromatic N) is 1. The molecule has 0 aliphatic rings. The van der Waals surface area contributed by atoms with Gasteiger partial charge in [-0.3, -0.25) is 4.67 Å². The normalized spacial score (nSPS) is 7.20. The van der Waals surface area contributed by atoms with Gasteiger partial charge in [-0.25, -0.2) is 0 Å². The molecule has 0 fully saturated rings. The largest absolute Gasteiger partial charge is 0.344 e. The lowest BCUT2D eigenvalue weighted by Gasteiger charge is -1.90. The van der Waals surface area contributed by atoms with E-state index in [2.05, 4.69) is 9.39 Å². The van der Waals surface area contributed by atoms with Crippen molar-refractivity contribution in [3.63, 3.8) is 0 Å². The summed E-state index contributed by atoms with van der Waals surface area (Å²) < 4.78 is 1.92. The Morgan fingerprint density at radius 1 is 1.40 bits per heavy atom. The maximum absolute atomic E-state index is 2.49. The van der Waals surface area contributed by atoms with Crippen LogP contribution in [-0.2, 0) is 0 Å². The standard InChI is InChI=1S/C2H8NP.H3N/c1-3(2)4;/h4H2,1-2H3;1H3. The molecule has 5 heavy (non-hydrogen) atoms. The molecule has 0 aromatic rings. The molecule has 0 heterocycles. The Labute approximate surface area is 35.4 Å². The molecule has 3 heteroatoms. The van der Waals surface area contributed by atoms with Crippen LogP contribution in [0.1, 0.15) is 0 Å². The predicted molar refractivity (Wildman–Crippen MR) is 28.4 cm³/mol. The molecule has 2 nitrogen and oxygen atoms in total. The Hall–Kier alpha value is 0.350. The van der Waals surface area contributed by atoms with Crippen LogP contribution in [0.25, 0.3) is 0 Å². The van der Waals surface area contributed by atoms with Crippen molar-refractivity contribution < 1.29 is 0 Å². The molecule has 1 atom stereocenters. The minimum atomic E-state index is 0. The van der Waals surface area contributed by atoms with Crippen LogP contribution < -0.4 is 6.15 Å². The summed E-state index contributed by atoms with van der Waals surface area (Å²) in [7, 11) is 6.42. The van der Waals surface area contributed by atoms with Crippen LogP contribution in [0.15, 0.2) is 0 Å². The van der Waals surface area contributed by atoms with Crippen LogP contribution in [0.4, 0.5) is 0 Å². The third kappa shape index (κ3) is 196. The lowest BCUT2D eigenvalue weighted by atomic mass is 11.3. The molecule has 0 rings (SSSR count). The van der Waals surface area contributed by atoms with Gasteiger partial charge in [0.2, 0.25) is 0 Å². The minimum absolute atomic E-state index is 0. The van der Waals surface area contributed by atoms with Gasteiger partial charge in [0.05, 0.1) is 0 Å². The van der Waals surface area contributed by atoms with Crippen molar-refractivity contribution in [3.05, 3.63) is 0 Å². The summed E-state index contributed by atoms with van der Waals surface area (Å²) in [5.41, 5.74) is 0. The van der Waals surface area contributed by atoms with Crippen molar-refractivity contribution in [2.45, 2.75) is 0 Å². The van der Waals surface area contributed by atoms with E-state index in [1.807, 2.05) is 18.8 Å². The molecule has 0 radical (unpaired) electrons. The van der Waals surface area contributed by atoms with E-state index in [9.17, 15) is 0 Å². The summed E-state index contributed by atoms with van der Waals surface area (Å²) in [6, 6.07) is 0. The van der Waals surface area contributed by atoms with Crippen molar-refractivity contribution >= 4 is 9.39 Å². The third-order valence-corrected chi connectivity index (χ3v) is 0. The van der Waals surface area contributed by atoms with Gasteiger partial charge in [-0.1, -0.05) is 9.39 Å². The van der Waals surface area contributed by atoms with Crippen LogP contribution >= 0.6 is 9.39 Å².